The topological polar surface area (TPSA) is 61.8 Å². The van der Waals surface area contributed by atoms with Crippen LogP contribution in [-0.4, -0.2) is 38.4 Å². The number of ether oxygens (including phenoxy) is 3. The molecule has 0 spiro atoms. The Morgan fingerprint density at radius 1 is 0.710 bits per heavy atom. The van der Waals surface area contributed by atoms with Crippen molar-refractivity contribution in [3.63, 3.8) is 0 Å². The summed E-state index contributed by atoms with van der Waals surface area (Å²) < 4.78 is 16.2. The number of hydrogen-bond donors (Lipinski definition) is 0. The van der Waals surface area contributed by atoms with Gasteiger partial charge >= 0.3 is 11.9 Å². The molecule has 2 aromatic rings. The molecule has 0 aliphatic heterocycles. The van der Waals surface area contributed by atoms with Crippen molar-refractivity contribution in [2.75, 3.05) is 26.4 Å². The molecule has 0 heterocycles. The molecule has 0 radical (unpaired) electrons. The predicted octanol–water partition coefficient (Wildman–Crippen LogP) is 5.74. The molecule has 5 heteroatoms. The van der Waals surface area contributed by atoms with Crippen LogP contribution < -0.4 is 0 Å². The van der Waals surface area contributed by atoms with Crippen LogP contribution in [-0.2, 0) is 14.2 Å². The largest absolute Gasteiger partial charge is 0.462 e. The van der Waals surface area contributed by atoms with Crippen LogP contribution in [0.4, 0.5) is 0 Å². The molecule has 0 saturated carbocycles. The van der Waals surface area contributed by atoms with Crippen LogP contribution in [0.25, 0.3) is 0 Å². The van der Waals surface area contributed by atoms with Crippen molar-refractivity contribution in [3.8, 4) is 0 Å². The lowest BCUT2D eigenvalue weighted by atomic mass is 9.93. The molecule has 31 heavy (non-hydrogen) atoms. The second-order valence-electron chi connectivity index (χ2n) is 7.61. The average Bonchev–Trinajstić information content (AvgIpc) is 2.79. The van der Waals surface area contributed by atoms with E-state index in [1.807, 2.05) is 62.4 Å². The van der Waals surface area contributed by atoms with Gasteiger partial charge in [-0.15, -0.1) is 0 Å². The van der Waals surface area contributed by atoms with Crippen LogP contribution in [0.1, 0.15) is 84.2 Å². The van der Waals surface area contributed by atoms with Gasteiger partial charge in [0.2, 0.25) is 0 Å². The Bertz CT molecular complexity index is 776. The monoisotopic (exact) mass is 426 g/mol. The van der Waals surface area contributed by atoms with Crippen molar-refractivity contribution in [2.45, 2.75) is 52.4 Å². The number of hydrogen-bond acceptors (Lipinski definition) is 5. The first-order valence-electron chi connectivity index (χ1n) is 11.1. The molecule has 0 aromatic heterocycles. The molecule has 5 nitrogen and oxygen atoms in total. The van der Waals surface area contributed by atoms with E-state index in [9.17, 15) is 9.59 Å². The zero-order chi connectivity index (χ0) is 22.6. The number of esters is 2. The van der Waals surface area contributed by atoms with Crippen molar-refractivity contribution in [1.82, 2.24) is 0 Å². The van der Waals surface area contributed by atoms with Gasteiger partial charge < -0.3 is 14.2 Å². The Morgan fingerprint density at radius 3 is 1.48 bits per heavy atom. The summed E-state index contributed by atoms with van der Waals surface area (Å²) >= 11 is 0. The Labute approximate surface area is 185 Å². The van der Waals surface area contributed by atoms with Crippen LogP contribution >= 0.6 is 0 Å². The summed E-state index contributed by atoms with van der Waals surface area (Å²) in [5.74, 6) is -0.190. The zero-order valence-electron chi connectivity index (χ0n) is 19.1. The first-order chi connectivity index (χ1) is 15.0. The highest BCUT2D eigenvalue weighted by Crippen LogP contribution is 2.25. The molecule has 0 saturated heterocycles. The number of rotatable bonds is 12. The lowest BCUT2D eigenvalue weighted by Crippen LogP contribution is -2.12. The van der Waals surface area contributed by atoms with Gasteiger partial charge in [0.25, 0.3) is 0 Å². The Morgan fingerprint density at radius 2 is 1.10 bits per heavy atom. The quantitative estimate of drug-likeness (QED) is 0.320. The molecule has 0 aliphatic carbocycles. The lowest BCUT2D eigenvalue weighted by Gasteiger charge is -2.17. The van der Waals surface area contributed by atoms with Gasteiger partial charge in [-0.05, 0) is 61.8 Å². The van der Waals surface area contributed by atoms with Gasteiger partial charge in [-0.2, -0.15) is 0 Å². The van der Waals surface area contributed by atoms with E-state index in [-0.39, 0.29) is 23.8 Å². The highest BCUT2D eigenvalue weighted by Gasteiger charge is 2.18. The molecule has 168 valence electrons. The van der Waals surface area contributed by atoms with Crippen molar-refractivity contribution >= 4 is 11.9 Å². The Kier molecular flexibility index (Phi) is 10.2. The molecule has 0 aliphatic rings. The maximum Gasteiger partial charge on any atom is 0.338 e. The summed E-state index contributed by atoms with van der Waals surface area (Å²) in [5.41, 5.74) is 3.23. The minimum atomic E-state index is -0.278. The second kappa shape index (κ2) is 12.9. The third-order valence-electron chi connectivity index (χ3n) is 5.36. The first-order valence-corrected chi connectivity index (χ1v) is 11.1. The fourth-order valence-electron chi connectivity index (χ4n) is 3.58. The van der Waals surface area contributed by atoms with E-state index in [1.165, 1.54) is 0 Å². The third kappa shape index (κ3) is 7.21. The van der Waals surface area contributed by atoms with Crippen molar-refractivity contribution in [3.05, 3.63) is 70.8 Å². The maximum atomic E-state index is 12.2. The van der Waals surface area contributed by atoms with Crippen LogP contribution in [0.5, 0.6) is 0 Å². The second-order valence-corrected chi connectivity index (χ2v) is 7.61. The van der Waals surface area contributed by atoms with Gasteiger partial charge in [0.15, 0.2) is 0 Å². The third-order valence-corrected chi connectivity index (χ3v) is 5.36. The lowest BCUT2D eigenvalue weighted by molar-refractivity contribution is 0.0515. The van der Waals surface area contributed by atoms with Gasteiger partial charge in [-0.1, -0.05) is 50.2 Å². The molecule has 0 amide bonds. The molecule has 0 N–H and O–H groups in total. The van der Waals surface area contributed by atoms with Crippen molar-refractivity contribution in [2.24, 2.45) is 0 Å². The Balaban J connectivity index is 1.84. The van der Waals surface area contributed by atoms with E-state index in [0.717, 1.165) is 24.0 Å². The van der Waals surface area contributed by atoms with Crippen LogP contribution in [0.3, 0.4) is 0 Å². The summed E-state index contributed by atoms with van der Waals surface area (Å²) in [6.07, 6.45) is 1.62. The first kappa shape index (κ1) is 24.6. The van der Waals surface area contributed by atoms with Crippen LogP contribution in [0.2, 0.25) is 0 Å². The van der Waals surface area contributed by atoms with Crippen molar-refractivity contribution < 1.29 is 23.8 Å². The molecule has 2 unspecified atom stereocenters. The standard InChI is InChI=1S/C26H34O5/c1-5-30-25(27)23-13-9-7-11-21(23)19(3)15-17-29-18-16-20(4)22-12-8-10-14-24(22)26(28)31-6-2/h7-14,19-20H,5-6,15-18H2,1-4H3. The van der Waals surface area contributed by atoms with E-state index in [1.54, 1.807) is 0 Å². The van der Waals surface area contributed by atoms with Gasteiger partial charge in [0, 0.05) is 13.2 Å². The summed E-state index contributed by atoms with van der Waals surface area (Å²) in [6, 6.07) is 15.2. The molecule has 2 aromatic carbocycles. The highest BCUT2D eigenvalue weighted by atomic mass is 16.5. The molecule has 2 atom stereocenters. The summed E-state index contributed by atoms with van der Waals surface area (Å²) in [5, 5.41) is 0. The zero-order valence-corrected chi connectivity index (χ0v) is 19.1. The van der Waals surface area contributed by atoms with E-state index >= 15 is 0 Å². The smallest absolute Gasteiger partial charge is 0.338 e. The molecule has 0 bridgehead atoms. The molecule has 0 fully saturated rings. The van der Waals surface area contributed by atoms with E-state index in [0.29, 0.717) is 37.6 Å². The summed E-state index contributed by atoms with van der Waals surface area (Å²) in [6.45, 7) is 9.74. The average molecular weight is 427 g/mol. The minimum absolute atomic E-state index is 0.183. The predicted molar refractivity (Wildman–Crippen MR) is 122 cm³/mol. The van der Waals surface area contributed by atoms with E-state index < -0.39 is 0 Å². The molecular formula is C26H34O5. The fourth-order valence-corrected chi connectivity index (χ4v) is 3.58. The number of carbonyl (C=O) groups is 2. The maximum absolute atomic E-state index is 12.2. The number of benzene rings is 2. The van der Waals surface area contributed by atoms with Crippen molar-refractivity contribution in [1.29, 1.82) is 0 Å². The van der Waals surface area contributed by atoms with Gasteiger partial charge in [0.05, 0.1) is 24.3 Å². The number of carbonyl (C=O) groups excluding carboxylic acids is 2. The van der Waals surface area contributed by atoms with Gasteiger partial charge in [0.1, 0.15) is 0 Å². The van der Waals surface area contributed by atoms with Gasteiger partial charge in [-0.25, -0.2) is 9.59 Å². The van der Waals surface area contributed by atoms with E-state index in [2.05, 4.69) is 13.8 Å². The highest BCUT2D eigenvalue weighted by molar-refractivity contribution is 5.91. The molecular weight excluding hydrogens is 392 g/mol. The fraction of sp³-hybridized carbons (Fsp3) is 0.462. The SMILES string of the molecule is CCOC(=O)c1ccccc1C(C)CCOCCC(C)c1ccccc1C(=O)OCC. The Hall–Kier alpha value is -2.66. The van der Waals surface area contributed by atoms with E-state index in [4.69, 9.17) is 14.2 Å². The van der Waals surface area contributed by atoms with Crippen LogP contribution in [0, 0.1) is 0 Å². The van der Waals surface area contributed by atoms with Gasteiger partial charge in [-0.3, -0.25) is 0 Å². The minimum Gasteiger partial charge on any atom is -0.462 e. The van der Waals surface area contributed by atoms with Crippen LogP contribution in [0.15, 0.2) is 48.5 Å². The normalized spacial score (nSPS) is 12.8. The summed E-state index contributed by atoms with van der Waals surface area (Å²) in [4.78, 5) is 24.4. The summed E-state index contributed by atoms with van der Waals surface area (Å²) in [7, 11) is 0. The molecule has 2 rings (SSSR count).